The summed E-state index contributed by atoms with van der Waals surface area (Å²) in [5.41, 5.74) is 9.50. The molecule has 13 nitrogen and oxygen atoms in total. The Bertz CT molecular complexity index is 2600. The van der Waals surface area contributed by atoms with Crippen molar-refractivity contribution in [2.24, 2.45) is 0 Å². The number of carbonyl (C=O) groups excluding carboxylic acids is 4. The number of likely N-dealkylation sites (tertiary alicyclic amines) is 2. The van der Waals surface area contributed by atoms with E-state index in [4.69, 9.17) is 19.4 Å². The summed E-state index contributed by atoms with van der Waals surface area (Å²) in [5, 5.41) is 2.72. The average Bonchev–Trinajstić information content (AvgIpc) is 4.23. The second kappa shape index (κ2) is 19.5. The van der Waals surface area contributed by atoms with Gasteiger partial charge in [-0.1, -0.05) is 133 Å². The molecular formula is C53H51N7O6. The van der Waals surface area contributed by atoms with Crippen molar-refractivity contribution in [2.45, 2.75) is 56.1 Å². The van der Waals surface area contributed by atoms with Crippen LogP contribution in [0.5, 0.6) is 0 Å². The second-order valence-corrected chi connectivity index (χ2v) is 16.7. The summed E-state index contributed by atoms with van der Waals surface area (Å²) < 4.78 is 9.78. The molecular weight excluding hydrogens is 831 g/mol. The van der Waals surface area contributed by atoms with Gasteiger partial charge in [-0.2, -0.15) is 0 Å². The minimum absolute atomic E-state index is 0.0200. The van der Waals surface area contributed by atoms with Crippen molar-refractivity contribution in [3.8, 4) is 44.8 Å². The highest BCUT2D eigenvalue weighted by Gasteiger charge is 2.38. The molecule has 2 aromatic heterocycles. The number of esters is 1. The van der Waals surface area contributed by atoms with Crippen LogP contribution in [0.2, 0.25) is 0 Å². The monoisotopic (exact) mass is 881 g/mol. The molecule has 2 aliphatic rings. The van der Waals surface area contributed by atoms with Gasteiger partial charge < -0.3 is 34.6 Å². The molecule has 2 saturated heterocycles. The molecule has 4 heterocycles. The number of aromatic amines is 2. The zero-order chi connectivity index (χ0) is 45.6. The van der Waals surface area contributed by atoms with Crippen molar-refractivity contribution in [2.75, 3.05) is 27.3 Å². The van der Waals surface area contributed by atoms with Crippen molar-refractivity contribution in [1.29, 1.82) is 0 Å². The Labute approximate surface area is 383 Å². The number of nitrogens with one attached hydrogen (secondary N) is 3. The highest BCUT2D eigenvalue weighted by Crippen LogP contribution is 2.37. The van der Waals surface area contributed by atoms with Crippen molar-refractivity contribution in [1.82, 2.24) is 35.1 Å². The first kappa shape index (κ1) is 43.5. The standard InChI is InChI=1S/C53H51N7O6/c1-65-47(61)31-42(38-11-5-3-6-12-38)51(62)59-29-9-15-45(59)49-54-32-43(56-49)39-25-21-36(22-26-39)34-17-19-35(20-18-34)37-23-27-40(28-24-37)44-33-55-50(57-44)46-16-10-30-60(46)52(63)48(58-53(64)66-2)41-13-7-4-8-14-41/h3-8,11-14,17-28,32-33,42,45-46,48H,9-10,15-16,29-31H2,1-2H3,(H,54,56)(H,55,57)(H,58,64)/t42-,45+,46+,48-/m1/s1. The number of amides is 3. The van der Waals surface area contributed by atoms with Gasteiger partial charge in [-0.15, -0.1) is 0 Å². The Kier molecular flexibility index (Phi) is 12.9. The molecule has 13 heteroatoms. The number of H-pyrrole nitrogens is 2. The third kappa shape index (κ3) is 9.23. The lowest BCUT2D eigenvalue weighted by Gasteiger charge is -2.28. The second-order valence-electron chi connectivity index (χ2n) is 16.7. The van der Waals surface area contributed by atoms with Crippen LogP contribution < -0.4 is 5.32 Å². The molecule has 0 radical (unpaired) electrons. The average molecular weight is 882 g/mol. The number of hydrogen-bond donors (Lipinski definition) is 3. The van der Waals surface area contributed by atoms with Crippen LogP contribution in [0.15, 0.2) is 146 Å². The van der Waals surface area contributed by atoms with Crippen molar-refractivity contribution >= 4 is 23.9 Å². The number of alkyl carbamates (subject to hydrolysis) is 1. The smallest absolute Gasteiger partial charge is 0.407 e. The van der Waals surface area contributed by atoms with Crippen molar-refractivity contribution in [3.63, 3.8) is 0 Å². The fraction of sp³-hybridized carbons (Fsp3) is 0.245. The predicted octanol–water partition coefficient (Wildman–Crippen LogP) is 9.57. The highest BCUT2D eigenvalue weighted by molar-refractivity contribution is 5.89. The number of carbonyl (C=O) groups is 4. The minimum atomic E-state index is -0.879. The molecule has 9 rings (SSSR count). The molecule has 2 fully saturated rings. The van der Waals surface area contributed by atoms with Crippen molar-refractivity contribution in [3.05, 3.63) is 169 Å². The zero-order valence-corrected chi connectivity index (χ0v) is 36.9. The Hall–Kier alpha value is -7.80. The van der Waals surface area contributed by atoms with Crippen LogP contribution in [-0.4, -0.2) is 80.9 Å². The number of hydrogen-bond acceptors (Lipinski definition) is 8. The van der Waals surface area contributed by atoms with E-state index in [0.29, 0.717) is 24.5 Å². The van der Waals surface area contributed by atoms with Crippen molar-refractivity contribution < 1.29 is 28.7 Å². The number of benzene rings is 5. The first-order chi connectivity index (χ1) is 32.3. The molecule has 3 amide bonds. The summed E-state index contributed by atoms with van der Waals surface area (Å²) in [4.78, 5) is 72.6. The molecule has 3 N–H and O–H groups in total. The molecule has 0 aliphatic carbocycles. The van der Waals surface area contributed by atoms with E-state index in [1.54, 1.807) is 4.90 Å². The molecule has 2 aliphatic heterocycles. The summed E-state index contributed by atoms with van der Waals surface area (Å²) in [5.74, 6) is 0.0829. The van der Waals surface area contributed by atoms with E-state index >= 15 is 0 Å². The molecule has 0 unspecified atom stereocenters. The molecule has 5 aromatic carbocycles. The topological polar surface area (TPSA) is 163 Å². The van der Waals surface area contributed by atoms with Gasteiger partial charge in [0, 0.05) is 13.1 Å². The quantitative estimate of drug-likeness (QED) is 0.0965. The number of nitrogens with zero attached hydrogens (tertiary/aromatic N) is 4. The Morgan fingerprint density at radius 2 is 1.00 bits per heavy atom. The number of ether oxygens (including phenoxy) is 2. The first-order valence-corrected chi connectivity index (χ1v) is 22.3. The largest absolute Gasteiger partial charge is 0.469 e. The predicted molar refractivity (Wildman–Crippen MR) is 250 cm³/mol. The molecule has 334 valence electrons. The van der Waals surface area contributed by atoms with E-state index in [2.05, 4.69) is 88.1 Å². The Morgan fingerprint density at radius 3 is 1.44 bits per heavy atom. The Balaban J connectivity index is 0.835. The maximum atomic E-state index is 14.0. The van der Waals surface area contributed by atoms with Gasteiger partial charge in [0.25, 0.3) is 5.91 Å². The highest BCUT2D eigenvalue weighted by atomic mass is 16.5. The summed E-state index contributed by atoms with van der Waals surface area (Å²) in [6, 6.07) is 42.4. The maximum Gasteiger partial charge on any atom is 0.407 e. The van der Waals surface area contributed by atoms with Gasteiger partial charge in [0.15, 0.2) is 0 Å². The number of aromatic nitrogens is 4. The van der Waals surface area contributed by atoms with Crippen LogP contribution in [0, 0.1) is 0 Å². The van der Waals surface area contributed by atoms with Gasteiger partial charge in [0.05, 0.1) is 62.4 Å². The summed E-state index contributed by atoms with van der Waals surface area (Å²) in [6.07, 6.45) is 6.15. The van der Waals surface area contributed by atoms with E-state index in [0.717, 1.165) is 81.8 Å². The zero-order valence-electron chi connectivity index (χ0n) is 36.9. The van der Waals surface area contributed by atoms with E-state index in [-0.39, 0.29) is 30.3 Å². The lowest BCUT2D eigenvalue weighted by molar-refractivity contribution is -0.145. The van der Waals surface area contributed by atoms with Crippen LogP contribution in [-0.2, 0) is 23.9 Å². The number of imidazole rings is 2. The summed E-state index contributed by atoms with van der Waals surface area (Å²) in [7, 11) is 2.63. The van der Waals surface area contributed by atoms with Gasteiger partial charge in [-0.3, -0.25) is 14.4 Å². The van der Waals surface area contributed by atoms with Gasteiger partial charge >= 0.3 is 12.1 Å². The molecule has 0 spiro atoms. The summed E-state index contributed by atoms with van der Waals surface area (Å²) >= 11 is 0. The van der Waals surface area contributed by atoms with Crippen LogP contribution in [0.4, 0.5) is 4.79 Å². The molecule has 7 aromatic rings. The third-order valence-corrected chi connectivity index (χ3v) is 12.8. The lowest BCUT2D eigenvalue weighted by Crippen LogP contribution is -2.42. The normalized spacial score (nSPS) is 16.7. The fourth-order valence-electron chi connectivity index (χ4n) is 9.23. The first-order valence-electron chi connectivity index (χ1n) is 22.3. The number of methoxy groups -OCH3 is 2. The van der Waals surface area contributed by atoms with Gasteiger partial charge in [-0.05, 0) is 70.2 Å². The maximum absolute atomic E-state index is 14.0. The Morgan fingerprint density at radius 1 is 0.576 bits per heavy atom. The molecule has 0 saturated carbocycles. The van der Waals surface area contributed by atoms with Crippen LogP contribution >= 0.6 is 0 Å². The van der Waals surface area contributed by atoms with Gasteiger partial charge in [-0.25, -0.2) is 14.8 Å². The van der Waals surface area contributed by atoms with E-state index in [1.807, 2.05) is 78.0 Å². The fourth-order valence-corrected chi connectivity index (χ4v) is 9.23. The molecule has 4 atom stereocenters. The minimum Gasteiger partial charge on any atom is -0.469 e. The van der Waals surface area contributed by atoms with Gasteiger partial charge in [0.2, 0.25) is 5.91 Å². The van der Waals surface area contributed by atoms with Crippen LogP contribution in [0.1, 0.15) is 78.9 Å². The third-order valence-electron chi connectivity index (χ3n) is 12.8. The number of rotatable bonds is 13. The van der Waals surface area contributed by atoms with E-state index < -0.39 is 24.0 Å². The SMILES string of the molecule is COC(=O)C[C@@H](C(=O)N1CCC[C@H]1c1ncc(-c2ccc(-c3ccc(-c4ccc(-c5cnc([C@@H]6CCCN6C(=O)[C@H](NC(=O)OC)c6ccccc6)[nH]5)cc4)cc3)cc2)[nH]1)c1ccccc1. The van der Waals surface area contributed by atoms with E-state index in [1.165, 1.54) is 14.2 Å². The lowest BCUT2D eigenvalue weighted by atomic mass is 9.94. The molecule has 0 bridgehead atoms. The van der Waals surface area contributed by atoms with E-state index in [9.17, 15) is 19.2 Å². The molecule has 66 heavy (non-hydrogen) atoms. The summed E-state index contributed by atoms with van der Waals surface area (Å²) in [6.45, 7) is 1.15. The van der Waals surface area contributed by atoms with Crippen LogP contribution in [0.25, 0.3) is 44.8 Å². The van der Waals surface area contributed by atoms with Gasteiger partial charge in [0.1, 0.15) is 17.7 Å². The van der Waals surface area contributed by atoms with Crippen LogP contribution in [0.3, 0.4) is 0 Å².